The van der Waals surface area contributed by atoms with Gasteiger partial charge in [0.25, 0.3) is 6.47 Å². The molecule has 8 heteroatoms. The Bertz CT molecular complexity index is 706. The highest BCUT2D eigenvalue weighted by molar-refractivity contribution is 5.77. The quantitative estimate of drug-likeness (QED) is 0.615. The first-order valence-electron chi connectivity index (χ1n) is 10.5. The number of rotatable bonds is 9. The average Bonchev–Trinajstić information content (AvgIpc) is 3.17. The number of ether oxygens (including phenoxy) is 2. The first kappa shape index (κ1) is 20.1. The highest BCUT2D eigenvalue weighted by Gasteiger charge is 2.46. The van der Waals surface area contributed by atoms with Crippen molar-refractivity contribution in [2.75, 3.05) is 51.3 Å². The fraction of sp³-hybridized carbons (Fsp3) is 0.667. The molecule has 1 spiro atoms. The number of likely N-dealkylation sites (tertiary alicyclic amines) is 1. The number of hydrogen-bond acceptors (Lipinski definition) is 7. The molecule has 1 aromatic heterocycles. The molecule has 1 amide bonds. The van der Waals surface area contributed by atoms with Crippen LogP contribution in [0, 0.1) is 0 Å². The van der Waals surface area contributed by atoms with E-state index in [0.717, 1.165) is 45.0 Å². The van der Waals surface area contributed by atoms with Gasteiger partial charge in [0.1, 0.15) is 18.0 Å². The average molecular weight is 402 g/mol. The van der Waals surface area contributed by atoms with Crippen molar-refractivity contribution < 1.29 is 19.1 Å². The highest BCUT2D eigenvalue weighted by Crippen LogP contribution is 2.37. The number of nitrogens with one attached hydrogen (secondary N) is 1. The molecule has 0 radical (unpaired) electrons. The van der Waals surface area contributed by atoms with Crippen LogP contribution in [0.25, 0.3) is 0 Å². The Kier molecular flexibility index (Phi) is 6.01. The van der Waals surface area contributed by atoms with Crippen molar-refractivity contribution in [1.29, 1.82) is 0 Å². The third kappa shape index (κ3) is 4.38. The van der Waals surface area contributed by atoms with Crippen LogP contribution < -0.4 is 10.2 Å². The van der Waals surface area contributed by atoms with Gasteiger partial charge in [-0.1, -0.05) is 6.07 Å². The molecule has 0 bridgehead atoms. The Balaban J connectivity index is 1.20. The van der Waals surface area contributed by atoms with E-state index < -0.39 is 0 Å². The van der Waals surface area contributed by atoms with E-state index in [9.17, 15) is 9.59 Å². The third-order valence-corrected chi connectivity index (χ3v) is 6.42. The SMILES string of the molecule is CNC(CCC(=O)N1CC(c2ccc(N3CC4(CCCO4)C3)nc2)C1)COC=O. The topological polar surface area (TPSA) is 84.0 Å². The number of hydrogen-bond donors (Lipinski definition) is 1. The lowest BCUT2D eigenvalue weighted by Crippen LogP contribution is -2.61. The lowest BCUT2D eigenvalue weighted by Gasteiger charge is -2.47. The summed E-state index contributed by atoms with van der Waals surface area (Å²) in [5.74, 6) is 1.53. The maximum atomic E-state index is 12.4. The molecule has 3 fully saturated rings. The minimum absolute atomic E-state index is 0.00763. The Hall–Kier alpha value is -2.19. The van der Waals surface area contributed by atoms with E-state index >= 15 is 0 Å². The zero-order valence-corrected chi connectivity index (χ0v) is 17.0. The van der Waals surface area contributed by atoms with Crippen LogP contribution in [0.1, 0.15) is 37.2 Å². The predicted octanol–water partition coefficient (Wildman–Crippen LogP) is 0.918. The molecule has 1 unspecified atom stereocenters. The molecule has 3 saturated heterocycles. The summed E-state index contributed by atoms with van der Waals surface area (Å²) in [7, 11) is 1.81. The lowest BCUT2D eigenvalue weighted by atomic mass is 9.90. The van der Waals surface area contributed by atoms with Crippen LogP contribution in [-0.4, -0.2) is 80.3 Å². The summed E-state index contributed by atoms with van der Waals surface area (Å²) in [5.41, 5.74) is 1.28. The fourth-order valence-electron chi connectivity index (χ4n) is 4.46. The molecular weight excluding hydrogens is 372 g/mol. The molecule has 0 saturated carbocycles. The first-order valence-corrected chi connectivity index (χ1v) is 10.5. The van der Waals surface area contributed by atoms with E-state index in [1.165, 1.54) is 12.0 Å². The molecular formula is C21H30N4O4. The van der Waals surface area contributed by atoms with E-state index in [4.69, 9.17) is 9.47 Å². The highest BCUT2D eigenvalue weighted by atomic mass is 16.5. The van der Waals surface area contributed by atoms with Gasteiger partial charge >= 0.3 is 0 Å². The van der Waals surface area contributed by atoms with Crippen LogP contribution in [0.5, 0.6) is 0 Å². The summed E-state index contributed by atoms with van der Waals surface area (Å²) < 4.78 is 10.7. The van der Waals surface area contributed by atoms with Crippen molar-refractivity contribution >= 4 is 18.2 Å². The molecule has 158 valence electrons. The van der Waals surface area contributed by atoms with Gasteiger partial charge < -0.3 is 24.6 Å². The van der Waals surface area contributed by atoms with Gasteiger partial charge in [-0.05, 0) is 37.9 Å². The zero-order chi connectivity index (χ0) is 20.3. The number of pyridine rings is 1. The molecule has 1 N–H and O–H groups in total. The number of amides is 1. The fourth-order valence-corrected chi connectivity index (χ4v) is 4.46. The van der Waals surface area contributed by atoms with Gasteiger partial charge in [-0.25, -0.2) is 4.98 Å². The minimum atomic E-state index is 0.00763. The van der Waals surface area contributed by atoms with Crippen LogP contribution in [0.15, 0.2) is 18.3 Å². The monoisotopic (exact) mass is 402 g/mol. The second-order valence-electron chi connectivity index (χ2n) is 8.39. The predicted molar refractivity (Wildman–Crippen MR) is 108 cm³/mol. The Morgan fingerprint density at radius 3 is 2.90 bits per heavy atom. The standard InChI is InChI=1S/C21H30N4O4/c1-22-18(12-28-15-26)4-6-20(27)24-10-17(11-24)16-3-5-19(23-9-16)25-13-21(14-25)7-2-8-29-21/h3,5,9,15,17-18,22H,2,4,6-8,10-14H2,1H3. The molecule has 1 aromatic rings. The molecule has 8 nitrogen and oxygen atoms in total. The third-order valence-electron chi connectivity index (χ3n) is 6.42. The van der Waals surface area contributed by atoms with Crippen LogP contribution in [0.2, 0.25) is 0 Å². The number of nitrogens with zero attached hydrogens (tertiary/aromatic N) is 3. The molecule has 4 rings (SSSR count). The molecule has 4 heterocycles. The summed E-state index contributed by atoms with van der Waals surface area (Å²) in [6.07, 6.45) is 5.39. The van der Waals surface area contributed by atoms with Crippen molar-refractivity contribution in [3.8, 4) is 0 Å². The Labute approximate surface area is 171 Å². The van der Waals surface area contributed by atoms with Gasteiger partial charge in [0.2, 0.25) is 5.91 Å². The van der Waals surface area contributed by atoms with Gasteiger partial charge in [0.05, 0.1) is 13.1 Å². The van der Waals surface area contributed by atoms with Crippen LogP contribution >= 0.6 is 0 Å². The normalized spacial score (nSPS) is 21.6. The number of carbonyl (C=O) groups excluding carboxylic acids is 2. The number of likely N-dealkylation sites (N-methyl/N-ethyl adjacent to an activating group) is 1. The summed E-state index contributed by atoms with van der Waals surface area (Å²) in [4.78, 5) is 31.5. The smallest absolute Gasteiger partial charge is 0.293 e. The van der Waals surface area contributed by atoms with Crippen LogP contribution in [-0.2, 0) is 19.1 Å². The lowest BCUT2D eigenvalue weighted by molar-refractivity contribution is -0.135. The maximum absolute atomic E-state index is 12.4. The van der Waals surface area contributed by atoms with Gasteiger partial charge in [-0.15, -0.1) is 0 Å². The van der Waals surface area contributed by atoms with E-state index in [1.807, 2.05) is 11.1 Å². The minimum Gasteiger partial charge on any atom is -0.466 e. The van der Waals surface area contributed by atoms with Crippen molar-refractivity contribution in [3.63, 3.8) is 0 Å². The van der Waals surface area contributed by atoms with Crippen molar-refractivity contribution in [3.05, 3.63) is 23.9 Å². The van der Waals surface area contributed by atoms with E-state index in [-0.39, 0.29) is 24.2 Å². The molecule has 29 heavy (non-hydrogen) atoms. The Morgan fingerprint density at radius 1 is 1.45 bits per heavy atom. The second-order valence-corrected chi connectivity index (χ2v) is 8.39. The van der Waals surface area contributed by atoms with Crippen molar-refractivity contribution in [2.45, 2.75) is 43.2 Å². The van der Waals surface area contributed by atoms with Gasteiger partial charge in [0.15, 0.2) is 0 Å². The number of anilines is 1. The van der Waals surface area contributed by atoms with Crippen LogP contribution in [0.3, 0.4) is 0 Å². The van der Waals surface area contributed by atoms with Gasteiger partial charge in [-0.3, -0.25) is 9.59 Å². The van der Waals surface area contributed by atoms with E-state index in [2.05, 4.69) is 27.3 Å². The number of carbonyl (C=O) groups is 2. The van der Waals surface area contributed by atoms with Crippen LogP contribution in [0.4, 0.5) is 5.82 Å². The largest absolute Gasteiger partial charge is 0.466 e. The van der Waals surface area contributed by atoms with Gasteiger partial charge in [-0.2, -0.15) is 0 Å². The summed E-state index contributed by atoms with van der Waals surface area (Å²) in [6, 6.07) is 4.24. The van der Waals surface area contributed by atoms with E-state index in [1.54, 1.807) is 7.05 Å². The van der Waals surface area contributed by atoms with Crippen molar-refractivity contribution in [2.24, 2.45) is 0 Å². The maximum Gasteiger partial charge on any atom is 0.293 e. The first-order chi connectivity index (χ1) is 14.1. The summed E-state index contributed by atoms with van der Waals surface area (Å²) in [6.45, 7) is 4.99. The molecule has 0 aliphatic carbocycles. The molecule has 1 atom stereocenters. The molecule has 0 aromatic carbocycles. The second kappa shape index (κ2) is 8.67. The molecule has 3 aliphatic rings. The van der Waals surface area contributed by atoms with E-state index in [0.29, 0.717) is 25.2 Å². The number of aromatic nitrogens is 1. The summed E-state index contributed by atoms with van der Waals surface area (Å²) >= 11 is 0. The zero-order valence-electron chi connectivity index (χ0n) is 17.0. The Morgan fingerprint density at radius 2 is 2.28 bits per heavy atom. The van der Waals surface area contributed by atoms with Crippen molar-refractivity contribution in [1.82, 2.24) is 15.2 Å². The van der Waals surface area contributed by atoms with Gasteiger partial charge in [0, 0.05) is 44.3 Å². The summed E-state index contributed by atoms with van der Waals surface area (Å²) in [5, 5.41) is 3.07. The molecule has 3 aliphatic heterocycles.